The average Bonchev–Trinajstić information content (AvgIpc) is 2.57. The van der Waals surface area contributed by atoms with Gasteiger partial charge in [0.15, 0.2) is 0 Å². The number of nitrogens with zero attached hydrogens (tertiary/aromatic N) is 1. The summed E-state index contributed by atoms with van der Waals surface area (Å²) >= 11 is 1.64. The lowest BCUT2D eigenvalue weighted by molar-refractivity contribution is 0.587. The summed E-state index contributed by atoms with van der Waals surface area (Å²) < 4.78 is 23.2. The van der Waals surface area contributed by atoms with Crippen LogP contribution in [0.3, 0.4) is 0 Å². The Morgan fingerprint density at radius 2 is 2.00 bits per heavy atom. The quantitative estimate of drug-likeness (QED) is 0.795. The molecule has 0 aliphatic carbocycles. The first-order chi connectivity index (χ1) is 8.15. The molecule has 1 aromatic heterocycles. The van der Waals surface area contributed by atoms with E-state index in [-0.39, 0.29) is 11.2 Å². The van der Waals surface area contributed by atoms with E-state index in [0.29, 0.717) is 5.56 Å². The fourth-order valence-electron chi connectivity index (χ4n) is 1.58. The van der Waals surface area contributed by atoms with Gasteiger partial charge in [0.2, 0.25) is 9.05 Å². The van der Waals surface area contributed by atoms with E-state index in [1.165, 1.54) is 0 Å². The highest BCUT2D eigenvalue weighted by Crippen LogP contribution is 2.31. The summed E-state index contributed by atoms with van der Waals surface area (Å²) in [5.74, 6) is -0.160. The van der Waals surface area contributed by atoms with Crippen LogP contribution in [0.2, 0.25) is 0 Å². The molecule has 6 heteroatoms. The van der Waals surface area contributed by atoms with Crippen molar-refractivity contribution in [3.8, 4) is 0 Å². The third kappa shape index (κ3) is 3.22. The van der Waals surface area contributed by atoms with Crippen LogP contribution in [-0.4, -0.2) is 13.4 Å². The van der Waals surface area contributed by atoms with Gasteiger partial charge in [0, 0.05) is 16.1 Å². The van der Waals surface area contributed by atoms with Gasteiger partial charge >= 0.3 is 0 Å². The normalized spacial score (nSPS) is 13.1. The summed E-state index contributed by atoms with van der Waals surface area (Å²) in [7, 11) is 1.73. The minimum absolute atomic E-state index is 0.00239. The number of hydrogen-bond donors (Lipinski definition) is 0. The van der Waals surface area contributed by atoms with Crippen LogP contribution >= 0.6 is 22.0 Å². The first kappa shape index (κ1) is 13.8. The van der Waals surface area contributed by atoms with Crippen LogP contribution in [0.15, 0.2) is 18.2 Å². The van der Waals surface area contributed by atoms with Gasteiger partial charge in [-0.1, -0.05) is 26.8 Å². The predicted molar refractivity (Wildman–Crippen MR) is 76.8 cm³/mol. The van der Waals surface area contributed by atoms with Crippen molar-refractivity contribution in [1.29, 1.82) is 0 Å². The topological polar surface area (TPSA) is 47.0 Å². The zero-order valence-electron chi connectivity index (χ0n) is 10.4. The SMILES string of the molecule is CC(C)(C)c1nc2cc(CS(=O)(=O)Cl)ccc2s1. The monoisotopic (exact) mass is 303 g/mol. The minimum atomic E-state index is -3.52. The van der Waals surface area contributed by atoms with E-state index < -0.39 is 9.05 Å². The third-order valence-electron chi connectivity index (χ3n) is 2.43. The molecule has 0 unspecified atom stereocenters. The fraction of sp³-hybridized carbons (Fsp3) is 0.417. The van der Waals surface area contributed by atoms with Crippen LogP contribution in [-0.2, 0) is 20.2 Å². The molecule has 2 aromatic rings. The van der Waals surface area contributed by atoms with Gasteiger partial charge in [-0.15, -0.1) is 11.3 Å². The highest BCUT2D eigenvalue weighted by molar-refractivity contribution is 8.13. The molecule has 3 nitrogen and oxygen atoms in total. The van der Waals surface area contributed by atoms with Crippen molar-refractivity contribution in [3.63, 3.8) is 0 Å². The predicted octanol–water partition coefficient (Wildman–Crippen LogP) is 3.66. The van der Waals surface area contributed by atoms with Crippen molar-refractivity contribution in [2.75, 3.05) is 0 Å². The van der Waals surface area contributed by atoms with Gasteiger partial charge in [-0.25, -0.2) is 13.4 Å². The lowest BCUT2D eigenvalue weighted by Crippen LogP contribution is -2.09. The summed E-state index contributed by atoms with van der Waals surface area (Å²) in [4.78, 5) is 4.56. The van der Waals surface area contributed by atoms with Crippen LogP contribution in [0.25, 0.3) is 10.2 Å². The van der Waals surface area contributed by atoms with Crippen molar-refractivity contribution in [2.24, 2.45) is 0 Å². The second kappa shape index (κ2) is 4.47. The van der Waals surface area contributed by atoms with E-state index in [9.17, 15) is 8.42 Å². The Labute approximate surface area is 115 Å². The van der Waals surface area contributed by atoms with E-state index >= 15 is 0 Å². The smallest absolute Gasteiger partial charge is 0.236 e. The molecule has 0 aliphatic rings. The summed E-state index contributed by atoms with van der Waals surface area (Å²) in [6, 6.07) is 5.48. The zero-order valence-corrected chi connectivity index (χ0v) is 12.8. The molecule has 0 radical (unpaired) electrons. The van der Waals surface area contributed by atoms with Gasteiger partial charge in [-0.2, -0.15) is 0 Å². The van der Waals surface area contributed by atoms with Gasteiger partial charge in [0.1, 0.15) is 0 Å². The highest BCUT2D eigenvalue weighted by Gasteiger charge is 2.19. The van der Waals surface area contributed by atoms with Crippen molar-refractivity contribution in [1.82, 2.24) is 4.98 Å². The highest BCUT2D eigenvalue weighted by atomic mass is 35.7. The van der Waals surface area contributed by atoms with E-state index in [0.717, 1.165) is 15.2 Å². The standard InChI is InChI=1S/C12H14ClNO2S2/c1-12(2,3)11-14-9-6-8(7-18(13,15)16)4-5-10(9)17-11/h4-6H,7H2,1-3H3. The van der Waals surface area contributed by atoms with Crippen LogP contribution in [0, 0.1) is 0 Å². The zero-order chi connectivity index (χ0) is 13.6. The van der Waals surface area contributed by atoms with E-state index in [1.54, 1.807) is 23.5 Å². The van der Waals surface area contributed by atoms with Gasteiger partial charge < -0.3 is 0 Å². The largest absolute Gasteiger partial charge is 0.241 e. The van der Waals surface area contributed by atoms with Crippen molar-refractivity contribution >= 4 is 41.3 Å². The second-order valence-electron chi connectivity index (χ2n) is 5.25. The van der Waals surface area contributed by atoms with Crippen LogP contribution in [0.5, 0.6) is 0 Å². The molecule has 0 saturated carbocycles. The van der Waals surface area contributed by atoms with Gasteiger partial charge in [0.05, 0.1) is 21.0 Å². The molecule has 0 saturated heterocycles. The number of halogens is 1. The Morgan fingerprint density at radius 1 is 1.33 bits per heavy atom. The van der Waals surface area contributed by atoms with Crippen molar-refractivity contribution < 1.29 is 8.42 Å². The molecule has 0 atom stereocenters. The average molecular weight is 304 g/mol. The second-order valence-corrected chi connectivity index (χ2v) is 9.06. The van der Waals surface area contributed by atoms with Crippen molar-refractivity contribution in [2.45, 2.75) is 31.9 Å². The van der Waals surface area contributed by atoms with Crippen molar-refractivity contribution in [3.05, 3.63) is 28.8 Å². The Balaban J connectivity index is 2.46. The molecule has 18 heavy (non-hydrogen) atoms. The molecule has 1 aromatic carbocycles. The van der Waals surface area contributed by atoms with Crippen LogP contribution in [0.4, 0.5) is 0 Å². The van der Waals surface area contributed by atoms with Gasteiger partial charge in [0.25, 0.3) is 0 Å². The summed E-state index contributed by atoms with van der Waals surface area (Å²) in [5, 5.41) is 1.04. The number of benzene rings is 1. The lowest BCUT2D eigenvalue weighted by Gasteiger charge is -2.13. The van der Waals surface area contributed by atoms with Gasteiger partial charge in [-0.05, 0) is 17.7 Å². The Bertz CT molecular complexity index is 684. The summed E-state index contributed by atoms with van der Waals surface area (Å²) in [6.45, 7) is 6.32. The number of thiazole rings is 1. The maximum Gasteiger partial charge on any atom is 0.236 e. The molecular formula is C12H14ClNO2S2. The molecule has 98 valence electrons. The molecule has 0 N–H and O–H groups in total. The molecule has 0 bridgehead atoms. The third-order valence-corrected chi connectivity index (χ3v) is 4.90. The van der Waals surface area contributed by atoms with E-state index in [4.69, 9.17) is 10.7 Å². The Kier molecular flexibility index (Phi) is 3.42. The molecule has 0 fully saturated rings. The molecular weight excluding hydrogens is 290 g/mol. The summed E-state index contributed by atoms with van der Waals surface area (Å²) in [6.07, 6.45) is 0. The number of hydrogen-bond acceptors (Lipinski definition) is 4. The van der Waals surface area contributed by atoms with E-state index in [1.807, 2.05) is 6.07 Å². The van der Waals surface area contributed by atoms with Crippen LogP contribution < -0.4 is 0 Å². The summed E-state index contributed by atoms with van der Waals surface area (Å²) in [5.41, 5.74) is 1.51. The molecule has 0 aliphatic heterocycles. The number of rotatable bonds is 2. The number of fused-ring (bicyclic) bond motifs is 1. The maximum atomic E-state index is 11.0. The Morgan fingerprint density at radius 3 is 2.56 bits per heavy atom. The fourth-order valence-corrected chi connectivity index (χ4v) is 3.54. The van der Waals surface area contributed by atoms with Gasteiger partial charge in [-0.3, -0.25) is 0 Å². The van der Waals surface area contributed by atoms with Crippen LogP contribution in [0.1, 0.15) is 31.3 Å². The Hall–Kier alpha value is -0.650. The molecule has 1 heterocycles. The maximum absolute atomic E-state index is 11.0. The number of aromatic nitrogens is 1. The van der Waals surface area contributed by atoms with E-state index in [2.05, 4.69) is 25.8 Å². The lowest BCUT2D eigenvalue weighted by atomic mass is 9.98. The molecule has 2 rings (SSSR count). The first-order valence-corrected chi connectivity index (χ1v) is 8.77. The molecule has 0 amide bonds. The first-order valence-electron chi connectivity index (χ1n) is 5.47. The minimum Gasteiger partial charge on any atom is -0.241 e. The molecule has 0 spiro atoms.